The van der Waals surface area contributed by atoms with Crippen LogP contribution in [0.3, 0.4) is 0 Å². The molecule has 2 heterocycles. The highest BCUT2D eigenvalue weighted by Crippen LogP contribution is 2.20. The van der Waals surface area contributed by atoms with Crippen LogP contribution >= 0.6 is 11.3 Å². The van der Waals surface area contributed by atoms with Gasteiger partial charge in [0.2, 0.25) is 11.9 Å². The molecule has 28 heavy (non-hydrogen) atoms. The summed E-state index contributed by atoms with van der Waals surface area (Å²) in [6.07, 6.45) is 0. The Morgan fingerprint density at radius 3 is 2.71 bits per heavy atom. The van der Waals surface area contributed by atoms with Crippen molar-refractivity contribution in [1.29, 1.82) is 0 Å². The van der Waals surface area contributed by atoms with Gasteiger partial charge in [-0.3, -0.25) is 14.2 Å². The molecule has 0 fully saturated rings. The lowest BCUT2D eigenvalue weighted by atomic mass is 10.2. The van der Waals surface area contributed by atoms with E-state index in [1.807, 2.05) is 54.5 Å². The standard InChI is InChI=1S/C20H24N4O3S/c1-4-23(5-2)20-22-15-10-11-28-18(15)19(26)24(20)13-17(25)21-12-14-8-6-7-9-16(14)27-3/h6-11H,4-5,12-13H2,1-3H3,(H,21,25). The van der Waals surface area contributed by atoms with Crippen molar-refractivity contribution < 1.29 is 9.53 Å². The van der Waals surface area contributed by atoms with Gasteiger partial charge in [0.05, 0.1) is 12.6 Å². The summed E-state index contributed by atoms with van der Waals surface area (Å²) >= 11 is 1.34. The highest BCUT2D eigenvalue weighted by atomic mass is 32.1. The predicted molar refractivity (Wildman–Crippen MR) is 112 cm³/mol. The number of aromatic nitrogens is 2. The fourth-order valence-corrected chi connectivity index (χ4v) is 3.84. The van der Waals surface area contributed by atoms with Crippen molar-refractivity contribution in [2.24, 2.45) is 0 Å². The fraction of sp³-hybridized carbons (Fsp3) is 0.350. The van der Waals surface area contributed by atoms with Crippen molar-refractivity contribution in [1.82, 2.24) is 14.9 Å². The van der Waals surface area contributed by atoms with E-state index in [1.54, 1.807) is 7.11 Å². The minimum absolute atomic E-state index is 0.0827. The van der Waals surface area contributed by atoms with Crippen LogP contribution in [-0.4, -0.2) is 35.7 Å². The molecule has 0 atom stereocenters. The third-order valence-corrected chi connectivity index (χ3v) is 5.45. The molecule has 0 saturated heterocycles. The van der Waals surface area contributed by atoms with Crippen molar-refractivity contribution in [2.45, 2.75) is 26.9 Å². The van der Waals surface area contributed by atoms with E-state index in [-0.39, 0.29) is 18.0 Å². The molecule has 0 unspecified atom stereocenters. The summed E-state index contributed by atoms with van der Waals surface area (Å²) in [5.74, 6) is 0.984. The molecule has 0 radical (unpaired) electrons. The number of ether oxygens (including phenoxy) is 1. The summed E-state index contributed by atoms with van der Waals surface area (Å²) in [5, 5.41) is 4.72. The smallest absolute Gasteiger partial charge is 0.273 e. The van der Waals surface area contributed by atoms with Crippen LogP contribution in [0.25, 0.3) is 10.2 Å². The number of benzene rings is 1. The van der Waals surface area contributed by atoms with E-state index >= 15 is 0 Å². The minimum Gasteiger partial charge on any atom is -0.496 e. The summed E-state index contributed by atoms with van der Waals surface area (Å²) in [6.45, 7) is 5.63. The first kappa shape index (κ1) is 19.9. The molecule has 0 aliphatic carbocycles. The molecule has 7 nitrogen and oxygen atoms in total. The van der Waals surface area contributed by atoms with Gasteiger partial charge in [0, 0.05) is 25.2 Å². The third kappa shape index (κ3) is 4.01. The van der Waals surface area contributed by atoms with Crippen molar-refractivity contribution >= 4 is 33.4 Å². The number of hydrogen-bond donors (Lipinski definition) is 1. The van der Waals surface area contributed by atoms with Crippen LogP contribution in [0.1, 0.15) is 19.4 Å². The number of nitrogens with zero attached hydrogens (tertiary/aromatic N) is 3. The van der Waals surface area contributed by atoms with Crippen LogP contribution in [0.5, 0.6) is 5.75 Å². The lowest BCUT2D eigenvalue weighted by Crippen LogP contribution is -2.37. The Morgan fingerprint density at radius 2 is 2.00 bits per heavy atom. The van der Waals surface area contributed by atoms with Gasteiger partial charge in [0.15, 0.2) is 0 Å². The molecule has 1 amide bonds. The second kappa shape index (κ2) is 8.88. The number of rotatable bonds is 8. The number of para-hydroxylation sites is 1. The van der Waals surface area contributed by atoms with E-state index in [0.29, 0.717) is 41.5 Å². The normalized spacial score (nSPS) is 10.8. The average molecular weight is 401 g/mol. The molecule has 3 aromatic rings. The summed E-state index contributed by atoms with van der Waals surface area (Å²) in [7, 11) is 1.60. The van der Waals surface area contributed by atoms with Gasteiger partial charge in [0.25, 0.3) is 5.56 Å². The van der Waals surface area contributed by atoms with Crippen LogP contribution in [0.2, 0.25) is 0 Å². The van der Waals surface area contributed by atoms with Crippen molar-refractivity contribution in [3.8, 4) is 5.75 Å². The van der Waals surface area contributed by atoms with Gasteiger partial charge < -0.3 is 15.0 Å². The Labute approximate surface area is 167 Å². The second-order valence-corrected chi connectivity index (χ2v) is 7.12. The third-order valence-electron chi connectivity index (χ3n) is 4.56. The first-order valence-corrected chi connectivity index (χ1v) is 10.1. The lowest BCUT2D eigenvalue weighted by Gasteiger charge is -2.23. The Hall–Kier alpha value is -2.87. The molecule has 0 spiro atoms. The molecule has 148 valence electrons. The van der Waals surface area contributed by atoms with Gasteiger partial charge in [-0.05, 0) is 31.4 Å². The molecule has 3 rings (SSSR count). The fourth-order valence-electron chi connectivity index (χ4n) is 3.06. The Kier molecular flexibility index (Phi) is 6.30. The lowest BCUT2D eigenvalue weighted by molar-refractivity contribution is -0.121. The Morgan fingerprint density at radius 1 is 1.25 bits per heavy atom. The summed E-state index contributed by atoms with van der Waals surface area (Å²) in [6, 6.07) is 9.34. The molecule has 0 aliphatic heterocycles. The molecular formula is C20H24N4O3S. The van der Waals surface area contributed by atoms with E-state index in [1.165, 1.54) is 15.9 Å². The van der Waals surface area contributed by atoms with E-state index in [2.05, 4.69) is 10.3 Å². The zero-order chi connectivity index (χ0) is 20.1. The van der Waals surface area contributed by atoms with Crippen LogP contribution in [0, 0.1) is 0 Å². The number of fused-ring (bicyclic) bond motifs is 1. The zero-order valence-corrected chi connectivity index (χ0v) is 17.1. The molecular weight excluding hydrogens is 376 g/mol. The summed E-state index contributed by atoms with van der Waals surface area (Å²) in [4.78, 5) is 32.2. The Balaban J connectivity index is 1.86. The number of amides is 1. The van der Waals surface area contributed by atoms with Gasteiger partial charge >= 0.3 is 0 Å². The highest BCUT2D eigenvalue weighted by molar-refractivity contribution is 7.17. The maximum Gasteiger partial charge on any atom is 0.273 e. The molecule has 0 bridgehead atoms. The number of nitrogens with one attached hydrogen (secondary N) is 1. The van der Waals surface area contributed by atoms with Crippen molar-refractivity contribution in [2.75, 3.05) is 25.1 Å². The highest BCUT2D eigenvalue weighted by Gasteiger charge is 2.18. The minimum atomic E-state index is -0.251. The molecule has 1 aromatic carbocycles. The van der Waals surface area contributed by atoms with Gasteiger partial charge in [-0.1, -0.05) is 18.2 Å². The van der Waals surface area contributed by atoms with Gasteiger partial charge in [-0.15, -0.1) is 11.3 Å². The zero-order valence-electron chi connectivity index (χ0n) is 16.3. The van der Waals surface area contributed by atoms with E-state index in [9.17, 15) is 9.59 Å². The molecule has 1 N–H and O–H groups in total. The molecule has 8 heteroatoms. The number of carbonyl (C=O) groups is 1. The molecule has 0 saturated carbocycles. The molecule has 0 aliphatic rings. The topological polar surface area (TPSA) is 76.5 Å². The van der Waals surface area contributed by atoms with E-state index < -0.39 is 0 Å². The summed E-state index contributed by atoms with van der Waals surface area (Å²) in [5.41, 5.74) is 1.36. The number of carbonyl (C=O) groups excluding carboxylic acids is 1. The maximum absolute atomic E-state index is 13.0. The van der Waals surface area contributed by atoms with Crippen molar-refractivity contribution in [3.63, 3.8) is 0 Å². The first-order chi connectivity index (χ1) is 13.6. The quantitative estimate of drug-likeness (QED) is 0.629. The number of methoxy groups -OCH3 is 1. The number of hydrogen-bond acceptors (Lipinski definition) is 6. The Bertz CT molecular complexity index is 1020. The first-order valence-electron chi connectivity index (χ1n) is 9.20. The second-order valence-electron chi connectivity index (χ2n) is 6.20. The van der Waals surface area contributed by atoms with Crippen LogP contribution in [0.4, 0.5) is 5.95 Å². The van der Waals surface area contributed by atoms with Gasteiger partial charge in [0.1, 0.15) is 17.0 Å². The van der Waals surface area contributed by atoms with Crippen LogP contribution < -0.4 is 20.5 Å². The van der Waals surface area contributed by atoms with Crippen molar-refractivity contribution in [3.05, 3.63) is 51.6 Å². The van der Waals surface area contributed by atoms with Gasteiger partial charge in [-0.25, -0.2) is 4.98 Å². The van der Waals surface area contributed by atoms with Gasteiger partial charge in [-0.2, -0.15) is 0 Å². The predicted octanol–water partition coefficient (Wildman–Crippen LogP) is 2.63. The van der Waals surface area contributed by atoms with E-state index in [0.717, 1.165) is 5.56 Å². The van der Waals surface area contributed by atoms with Crippen LogP contribution in [-0.2, 0) is 17.9 Å². The summed E-state index contributed by atoms with van der Waals surface area (Å²) < 4.78 is 7.34. The largest absolute Gasteiger partial charge is 0.496 e. The molecule has 2 aromatic heterocycles. The van der Waals surface area contributed by atoms with E-state index in [4.69, 9.17) is 4.74 Å². The number of anilines is 1. The number of thiophene rings is 1. The van der Waals surface area contributed by atoms with Crippen LogP contribution in [0.15, 0.2) is 40.5 Å². The average Bonchev–Trinajstić information content (AvgIpc) is 3.19. The monoisotopic (exact) mass is 400 g/mol. The maximum atomic E-state index is 13.0. The SMILES string of the molecule is CCN(CC)c1nc2ccsc2c(=O)n1CC(=O)NCc1ccccc1OC.